The Morgan fingerprint density at radius 2 is 1.36 bits per heavy atom. The Labute approximate surface area is 244 Å². The molecule has 0 unspecified atom stereocenters. The van der Waals surface area contributed by atoms with Gasteiger partial charge in [-0.2, -0.15) is 0 Å². The number of aliphatic hydroxyl groups is 1. The van der Waals surface area contributed by atoms with E-state index in [4.69, 9.17) is 18.9 Å². The van der Waals surface area contributed by atoms with E-state index >= 15 is 0 Å². The molecule has 3 atom stereocenters. The molecule has 1 saturated heterocycles. The molecule has 0 radical (unpaired) electrons. The summed E-state index contributed by atoms with van der Waals surface area (Å²) in [5.74, 6) is 1.46. The van der Waals surface area contributed by atoms with E-state index in [1.165, 1.54) is 0 Å². The third-order valence-corrected chi connectivity index (χ3v) is 7.99. The fraction of sp³-hybridized carbons (Fsp3) is 0.229. The van der Waals surface area contributed by atoms with Crippen molar-refractivity contribution in [1.82, 2.24) is 4.57 Å². The van der Waals surface area contributed by atoms with E-state index in [0.29, 0.717) is 5.39 Å². The molecule has 6 rings (SSSR count). The molecular formula is C35H33NO6. The lowest BCUT2D eigenvalue weighted by molar-refractivity contribution is -0.0941. The van der Waals surface area contributed by atoms with E-state index in [1.54, 1.807) is 31.0 Å². The minimum absolute atomic E-state index is 0.0763. The Morgan fingerprint density at radius 3 is 1.98 bits per heavy atom. The highest BCUT2D eigenvalue weighted by molar-refractivity contribution is 5.81. The number of aromatic nitrogens is 1. The lowest BCUT2D eigenvalue weighted by atomic mass is 9.80. The van der Waals surface area contributed by atoms with Crippen LogP contribution in [-0.4, -0.2) is 42.7 Å². The fourth-order valence-electron chi connectivity index (χ4n) is 5.75. The van der Waals surface area contributed by atoms with Gasteiger partial charge in [-0.1, -0.05) is 72.8 Å². The number of aliphatic hydroxyl groups excluding tert-OH is 1. The van der Waals surface area contributed by atoms with Crippen LogP contribution in [0.15, 0.2) is 120 Å². The quantitative estimate of drug-likeness (QED) is 0.233. The summed E-state index contributed by atoms with van der Waals surface area (Å²) in [6.07, 6.45) is -0.0930. The molecule has 214 valence electrons. The standard InChI is InChI=1S/C35H33NO6/c1-39-28-16-12-26(13-17-28)35(25-9-4-3-5-10-25,27-14-18-29(40-2)19-15-27)41-23-32-31(37)22-33(42-32)36-21-20-24-8-6-7-11-30(24)34(36)38/h3-21,31-33,37H,22-23H2,1-2H3/t31-,32+,33+/m0/s1. The number of fused-ring (bicyclic) bond motifs is 1. The summed E-state index contributed by atoms with van der Waals surface area (Å²) in [4.78, 5) is 13.3. The summed E-state index contributed by atoms with van der Waals surface area (Å²) < 4.78 is 25.7. The Morgan fingerprint density at radius 1 is 0.786 bits per heavy atom. The van der Waals surface area contributed by atoms with Crippen LogP contribution >= 0.6 is 0 Å². The molecule has 1 N–H and O–H groups in total. The monoisotopic (exact) mass is 563 g/mol. The number of benzene rings is 4. The van der Waals surface area contributed by atoms with Gasteiger partial charge in [0.2, 0.25) is 0 Å². The van der Waals surface area contributed by atoms with E-state index in [0.717, 1.165) is 33.6 Å². The normalized spacial score (nSPS) is 18.7. The zero-order chi connectivity index (χ0) is 29.1. The van der Waals surface area contributed by atoms with Crippen molar-refractivity contribution in [3.8, 4) is 11.5 Å². The van der Waals surface area contributed by atoms with Crippen LogP contribution in [0, 0.1) is 0 Å². The van der Waals surface area contributed by atoms with Crippen LogP contribution in [0.2, 0.25) is 0 Å². The molecular weight excluding hydrogens is 530 g/mol. The maximum Gasteiger partial charge on any atom is 0.260 e. The van der Waals surface area contributed by atoms with E-state index in [9.17, 15) is 9.90 Å². The van der Waals surface area contributed by atoms with E-state index < -0.39 is 24.0 Å². The highest BCUT2D eigenvalue weighted by atomic mass is 16.6. The molecule has 1 aliphatic rings. The number of rotatable bonds is 9. The van der Waals surface area contributed by atoms with Crippen molar-refractivity contribution in [1.29, 1.82) is 0 Å². The SMILES string of the molecule is COc1ccc(C(OC[C@H]2O[C@@H](n3ccc4ccccc4c3=O)C[C@@H]2O)(c2ccccc2)c2ccc(OC)cc2)cc1. The Hall–Kier alpha value is -4.43. The average molecular weight is 564 g/mol. The van der Waals surface area contributed by atoms with Gasteiger partial charge >= 0.3 is 0 Å². The second-order valence-electron chi connectivity index (χ2n) is 10.4. The Balaban J connectivity index is 1.37. The molecule has 2 heterocycles. The molecule has 7 nitrogen and oxygen atoms in total. The van der Waals surface area contributed by atoms with Crippen molar-refractivity contribution < 1.29 is 24.1 Å². The first kappa shape index (κ1) is 27.7. The largest absolute Gasteiger partial charge is 0.497 e. The van der Waals surface area contributed by atoms with Crippen molar-refractivity contribution in [2.24, 2.45) is 0 Å². The summed E-state index contributed by atoms with van der Waals surface area (Å²) >= 11 is 0. The maximum atomic E-state index is 13.3. The van der Waals surface area contributed by atoms with Crippen molar-refractivity contribution in [2.45, 2.75) is 30.5 Å². The molecule has 1 aliphatic heterocycles. The van der Waals surface area contributed by atoms with Gasteiger partial charge in [0, 0.05) is 18.0 Å². The highest BCUT2D eigenvalue weighted by Gasteiger charge is 2.42. The molecule has 0 spiro atoms. The number of hydrogen-bond acceptors (Lipinski definition) is 6. The molecule has 0 saturated carbocycles. The number of methoxy groups -OCH3 is 2. The van der Waals surface area contributed by atoms with Crippen LogP contribution in [0.25, 0.3) is 10.8 Å². The van der Waals surface area contributed by atoms with Crippen molar-refractivity contribution >= 4 is 10.8 Å². The van der Waals surface area contributed by atoms with Gasteiger partial charge < -0.3 is 24.1 Å². The van der Waals surface area contributed by atoms with E-state index in [-0.39, 0.29) is 18.6 Å². The zero-order valence-electron chi connectivity index (χ0n) is 23.6. The smallest absolute Gasteiger partial charge is 0.260 e. The van der Waals surface area contributed by atoms with Crippen LogP contribution in [0.4, 0.5) is 0 Å². The number of pyridine rings is 1. The van der Waals surface area contributed by atoms with E-state index in [2.05, 4.69) is 0 Å². The summed E-state index contributed by atoms with van der Waals surface area (Å²) in [6.45, 7) is 0.0763. The highest BCUT2D eigenvalue weighted by Crippen LogP contribution is 2.42. The van der Waals surface area contributed by atoms with Crippen LogP contribution in [0.5, 0.6) is 11.5 Å². The lowest BCUT2D eigenvalue weighted by Gasteiger charge is -2.37. The predicted octanol–water partition coefficient (Wildman–Crippen LogP) is 5.68. The van der Waals surface area contributed by atoms with Gasteiger partial charge in [0.05, 0.1) is 26.9 Å². The molecule has 0 amide bonds. The van der Waals surface area contributed by atoms with Crippen molar-refractivity contribution in [3.05, 3.63) is 142 Å². The summed E-state index contributed by atoms with van der Waals surface area (Å²) in [5, 5.41) is 12.6. The minimum Gasteiger partial charge on any atom is -0.497 e. The van der Waals surface area contributed by atoms with Crippen LogP contribution in [0.3, 0.4) is 0 Å². The second kappa shape index (κ2) is 11.8. The first-order valence-corrected chi connectivity index (χ1v) is 14.0. The van der Waals surface area contributed by atoms with Gasteiger partial charge in [0.15, 0.2) is 0 Å². The summed E-state index contributed by atoms with van der Waals surface area (Å²) in [5.41, 5.74) is 1.49. The Kier molecular flexibility index (Phi) is 7.80. The van der Waals surface area contributed by atoms with Crippen LogP contribution in [-0.2, 0) is 15.1 Å². The van der Waals surface area contributed by atoms with Gasteiger partial charge in [-0.25, -0.2) is 0 Å². The Bertz CT molecular complexity index is 1650. The first-order valence-electron chi connectivity index (χ1n) is 14.0. The molecule has 4 aromatic carbocycles. The van der Waals surface area contributed by atoms with Gasteiger partial charge in [-0.05, 0) is 58.5 Å². The third kappa shape index (κ3) is 5.07. The molecule has 7 heteroatoms. The molecule has 5 aromatic rings. The average Bonchev–Trinajstić information content (AvgIpc) is 3.42. The fourth-order valence-corrected chi connectivity index (χ4v) is 5.75. The maximum absolute atomic E-state index is 13.3. The first-order chi connectivity index (χ1) is 20.5. The molecule has 1 fully saturated rings. The summed E-state index contributed by atoms with van der Waals surface area (Å²) in [7, 11) is 3.27. The number of nitrogens with zero attached hydrogens (tertiary/aromatic N) is 1. The van der Waals surface area contributed by atoms with Gasteiger partial charge in [-0.3, -0.25) is 9.36 Å². The van der Waals surface area contributed by atoms with Crippen molar-refractivity contribution in [3.63, 3.8) is 0 Å². The molecule has 0 bridgehead atoms. The zero-order valence-corrected chi connectivity index (χ0v) is 23.6. The van der Waals surface area contributed by atoms with Gasteiger partial charge in [-0.15, -0.1) is 0 Å². The lowest BCUT2D eigenvalue weighted by Crippen LogP contribution is -2.38. The summed E-state index contributed by atoms with van der Waals surface area (Å²) in [6, 6.07) is 34.9. The topological polar surface area (TPSA) is 79.2 Å². The van der Waals surface area contributed by atoms with Crippen molar-refractivity contribution in [2.75, 3.05) is 20.8 Å². The number of ether oxygens (including phenoxy) is 4. The molecule has 42 heavy (non-hydrogen) atoms. The van der Waals surface area contributed by atoms with Gasteiger partial charge in [0.25, 0.3) is 5.56 Å². The molecule has 1 aromatic heterocycles. The molecule has 0 aliphatic carbocycles. The minimum atomic E-state index is -1.04. The van der Waals surface area contributed by atoms with Crippen LogP contribution in [0.1, 0.15) is 29.3 Å². The second-order valence-corrected chi connectivity index (χ2v) is 10.4. The third-order valence-electron chi connectivity index (χ3n) is 7.99. The van der Waals surface area contributed by atoms with E-state index in [1.807, 2.05) is 103 Å². The van der Waals surface area contributed by atoms with Gasteiger partial charge in [0.1, 0.15) is 29.4 Å². The van der Waals surface area contributed by atoms with Crippen LogP contribution < -0.4 is 15.0 Å². The predicted molar refractivity (Wildman–Crippen MR) is 161 cm³/mol. The number of hydrogen-bond donors (Lipinski definition) is 1.